The first-order chi connectivity index (χ1) is 12.8. The first-order valence-corrected chi connectivity index (χ1v) is 9.96. The molecule has 4 rings (SSSR count). The summed E-state index contributed by atoms with van der Waals surface area (Å²) in [6, 6.07) is 8.16. The van der Waals surface area contributed by atoms with E-state index in [2.05, 4.69) is 19.4 Å². The van der Waals surface area contributed by atoms with Crippen LogP contribution in [0.15, 0.2) is 54.6 Å². The van der Waals surface area contributed by atoms with E-state index >= 15 is 0 Å². The van der Waals surface area contributed by atoms with Crippen molar-refractivity contribution in [2.75, 3.05) is 6.54 Å². The van der Waals surface area contributed by atoms with Crippen molar-refractivity contribution < 1.29 is 4.79 Å². The van der Waals surface area contributed by atoms with Crippen LogP contribution in [0.5, 0.6) is 0 Å². The maximum atomic E-state index is 13.1. The number of hydrogen-bond donors (Lipinski definition) is 0. The Kier molecular flexibility index (Phi) is 5.11. The number of aryl methyl sites for hydroxylation is 1. The number of carbonyl (C=O) groups excluding carboxylic acids is 1. The summed E-state index contributed by atoms with van der Waals surface area (Å²) in [5.41, 5.74) is 1.83. The van der Waals surface area contributed by atoms with Crippen molar-refractivity contribution in [2.45, 2.75) is 38.3 Å². The molecule has 0 radical (unpaired) electrons. The van der Waals surface area contributed by atoms with Gasteiger partial charge in [-0.3, -0.25) is 4.79 Å². The zero-order chi connectivity index (χ0) is 17.8. The van der Waals surface area contributed by atoms with Gasteiger partial charge >= 0.3 is 0 Å². The van der Waals surface area contributed by atoms with Crippen LogP contribution in [0.3, 0.4) is 0 Å². The number of piperidine rings is 1. The second-order valence-corrected chi connectivity index (χ2v) is 7.55. The number of hydrogen-bond acceptors (Lipinski definition) is 4. The molecule has 2 aromatic heterocycles. The fourth-order valence-corrected chi connectivity index (χ4v) is 4.22. The third-order valence-electron chi connectivity index (χ3n) is 4.98. The molecule has 0 aliphatic carbocycles. The van der Waals surface area contributed by atoms with E-state index in [1.54, 1.807) is 23.7 Å². The molecule has 0 bridgehead atoms. The molecule has 26 heavy (non-hydrogen) atoms. The van der Waals surface area contributed by atoms with E-state index in [1.165, 1.54) is 6.42 Å². The first-order valence-electron chi connectivity index (χ1n) is 9.08. The SMILES string of the molecule is O=C(c1ccc(-c2nccs2)cc1)N1CCCC[C@@H]1CCn1ccnc1. The Balaban J connectivity index is 1.46. The summed E-state index contributed by atoms with van der Waals surface area (Å²) in [5.74, 6) is 0.144. The van der Waals surface area contributed by atoms with Crippen LogP contribution in [-0.2, 0) is 6.54 Å². The minimum Gasteiger partial charge on any atom is -0.337 e. The highest BCUT2D eigenvalue weighted by Crippen LogP contribution is 2.25. The topological polar surface area (TPSA) is 51.0 Å². The van der Waals surface area contributed by atoms with E-state index in [9.17, 15) is 4.79 Å². The van der Waals surface area contributed by atoms with Gasteiger partial charge in [0, 0.05) is 54.2 Å². The highest BCUT2D eigenvalue weighted by atomic mass is 32.1. The lowest BCUT2D eigenvalue weighted by atomic mass is 9.98. The fraction of sp³-hybridized carbons (Fsp3) is 0.350. The van der Waals surface area contributed by atoms with Gasteiger partial charge in [0.15, 0.2) is 0 Å². The van der Waals surface area contributed by atoms with Crippen LogP contribution in [0.4, 0.5) is 0 Å². The average Bonchev–Trinajstić information content (AvgIpc) is 3.40. The van der Waals surface area contributed by atoms with Crippen LogP contribution in [-0.4, -0.2) is 37.9 Å². The molecule has 3 heterocycles. The van der Waals surface area contributed by atoms with Crippen molar-refractivity contribution in [3.05, 3.63) is 60.1 Å². The normalized spacial score (nSPS) is 17.4. The summed E-state index contributed by atoms with van der Waals surface area (Å²) in [5, 5.41) is 2.95. The van der Waals surface area contributed by atoms with Crippen LogP contribution in [0.2, 0.25) is 0 Å². The molecule has 0 unspecified atom stereocenters. The van der Waals surface area contributed by atoms with Crippen molar-refractivity contribution in [3.8, 4) is 10.6 Å². The molecule has 1 aromatic carbocycles. The molecular formula is C20H22N4OS. The number of imidazole rings is 1. The predicted octanol–water partition coefficient (Wildman–Crippen LogP) is 4.09. The van der Waals surface area contributed by atoms with Crippen molar-refractivity contribution in [1.82, 2.24) is 19.4 Å². The smallest absolute Gasteiger partial charge is 0.254 e. The molecule has 1 aliphatic heterocycles. The lowest BCUT2D eigenvalue weighted by Crippen LogP contribution is -2.44. The maximum absolute atomic E-state index is 13.1. The first kappa shape index (κ1) is 17.0. The summed E-state index contributed by atoms with van der Waals surface area (Å²) in [6.07, 6.45) is 11.8. The van der Waals surface area contributed by atoms with Crippen molar-refractivity contribution in [3.63, 3.8) is 0 Å². The quantitative estimate of drug-likeness (QED) is 0.683. The lowest BCUT2D eigenvalue weighted by Gasteiger charge is -2.36. The Bertz CT molecular complexity index is 827. The number of benzene rings is 1. The second kappa shape index (κ2) is 7.83. The molecule has 0 spiro atoms. The van der Waals surface area contributed by atoms with Crippen LogP contribution in [0.1, 0.15) is 36.0 Å². The maximum Gasteiger partial charge on any atom is 0.254 e. The summed E-state index contributed by atoms with van der Waals surface area (Å²) < 4.78 is 2.08. The zero-order valence-electron chi connectivity index (χ0n) is 14.6. The van der Waals surface area contributed by atoms with Crippen LogP contribution < -0.4 is 0 Å². The van der Waals surface area contributed by atoms with E-state index < -0.39 is 0 Å². The van der Waals surface area contributed by atoms with E-state index in [0.717, 1.165) is 48.5 Å². The molecule has 0 N–H and O–H groups in total. The van der Waals surface area contributed by atoms with Gasteiger partial charge in [0.05, 0.1) is 6.33 Å². The predicted molar refractivity (Wildman–Crippen MR) is 103 cm³/mol. The van der Waals surface area contributed by atoms with E-state index in [1.807, 2.05) is 42.2 Å². The molecule has 3 aromatic rings. The molecule has 0 saturated carbocycles. The third kappa shape index (κ3) is 3.70. The van der Waals surface area contributed by atoms with Crippen LogP contribution >= 0.6 is 11.3 Å². The molecule has 1 atom stereocenters. The Morgan fingerprint density at radius 3 is 2.81 bits per heavy atom. The van der Waals surface area contributed by atoms with E-state index in [4.69, 9.17) is 0 Å². The summed E-state index contributed by atoms with van der Waals surface area (Å²) in [6.45, 7) is 1.75. The largest absolute Gasteiger partial charge is 0.337 e. The number of likely N-dealkylation sites (tertiary alicyclic amines) is 1. The number of rotatable bonds is 5. The highest BCUT2D eigenvalue weighted by molar-refractivity contribution is 7.13. The van der Waals surface area contributed by atoms with Gasteiger partial charge in [0.25, 0.3) is 5.91 Å². The number of aromatic nitrogens is 3. The third-order valence-corrected chi connectivity index (χ3v) is 5.80. The lowest BCUT2D eigenvalue weighted by molar-refractivity contribution is 0.0595. The minimum absolute atomic E-state index is 0.144. The summed E-state index contributed by atoms with van der Waals surface area (Å²) in [4.78, 5) is 23.6. The van der Waals surface area contributed by atoms with Gasteiger partial charge < -0.3 is 9.47 Å². The second-order valence-electron chi connectivity index (χ2n) is 6.65. The fourth-order valence-electron chi connectivity index (χ4n) is 3.57. The molecule has 1 amide bonds. The number of amides is 1. The van der Waals surface area contributed by atoms with Crippen LogP contribution in [0, 0.1) is 0 Å². The van der Waals surface area contributed by atoms with Gasteiger partial charge in [-0.05, 0) is 37.8 Å². The van der Waals surface area contributed by atoms with Crippen molar-refractivity contribution in [1.29, 1.82) is 0 Å². The number of thiazole rings is 1. The molecule has 5 nitrogen and oxygen atoms in total. The zero-order valence-corrected chi connectivity index (χ0v) is 15.4. The van der Waals surface area contributed by atoms with E-state index in [-0.39, 0.29) is 5.91 Å². The van der Waals surface area contributed by atoms with Gasteiger partial charge in [0.1, 0.15) is 5.01 Å². The molecule has 134 valence electrons. The van der Waals surface area contributed by atoms with E-state index in [0.29, 0.717) is 6.04 Å². The molecule has 6 heteroatoms. The summed E-state index contributed by atoms with van der Waals surface area (Å²) in [7, 11) is 0. The van der Waals surface area contributed by atoms with Gasteiger partial charge in [-0.2, -0.15) is 0 Å². The van der Waals surface area contributed by atoms with Gasteiger partial charge in [0.2, 0.25) is 0 Å². The standard InChI is InChI=1S/C20H22N4OS/c25-20(17-6-4-16(5-7-17)19-22-10-14-26-19)24-11-2-1-3-18(24)8-12-23-13-9-21-15-23/h4-7,9-10,13-15,18H,1-3,8,11-12H2/t18-/m1/s1. The number of nitrogens with zero attached hydrogens (tertiary/aromatic N) is 4. The van der Waals surface area contributed by atoms with Crippen molar-refractivity contribution >= 4 is 17.2 Å². The van der Waals surface area contributed by atoms with Crippen molar-refractivity contribution in [2.24, 2.45) is 0 Å². The Morgan fingerprint density at radius 2 is 2.08 bits per heavy atom. The molecule has 1 fully saturated rings. The Hall–Kier alpha value is -2.47. The minimum atomic E-state index is 0.144. The molecular weight excluding hydrogens is 344 g/mol. The Labute approximate surface area is 157 Å². The van der Waals surface area contributed by atoms with Crippen LogP contribution in [0.25, 0.3) is 10.6 Å². The highest BCUT2D eigenvalue weighted by Gasteiger charge is 2.27. The average molecular weight is 366 g/mol. The Morgan fingerprint density at radius 1 is 1.19 bits per heavy atom. The number of carbonyl (C=O) groups is 1. The molecule has 1 saturated heterocycles. The van der Waals surface area contributed by atoms with Gasteiger partial charge in [-0.1, -0.05) is 12.1 Å². The monoisotopic (exact) mass is 366 g/mol. The summed E-state index contributed by atoms with van der Waals surface area (Å²) >= 11 is 1.61. The van der Waals surface area contributed by atoms with Gasteiger partial charge in [-0.25, -0.2) is 9.97 Å². The molecule has 1 aliphatic rings. The van der Waals surface area contributed by atoms with Gasteiger partial charge in [-0.15, -0.1) is 11.3 Å².